The predicted molar refractivity (Wildman–Crippen MR) is 163 cm³/mol. The van der Waals surface area contributed by atoms with Crippen molar-refractivity contribution in [1.29, 1.82) is 0 Å². The van der Waals surface area contributed by atoms with E-state index < -0.39 is 52.3 Å². The summed E-state index contributed by atoms with van der Waals surface area (Å²) in [6.07, 6.45) is 0.853. The number of sulfonamides is 1. The van der Waals surface area contributed by atoms with Crippen molar-refractivity contribution in [2.24, 2.45) is 17.6 Å². The number of nitrogens with two attached hydrogens (primary N) is 1. The number of benzene rings is 1. The van der Waals surface area contributed by atoms with Crippen LogP contribution < -0.4 is 31.7 Å². The second-order valence-corrected chi connectivity index (χ2v) is 13.0. The van der Waals surface area contributed by atoms with Crippen LogP contribution in [0.2, 0.25) is 0 Å². The van der Waals surface area contributed by atoms with E-state index in [1.807, 2.05) is 20.9 Å². The van der Waals surface area contributed by atoms with Crippen LogP contribution in [0.4, 0.5) is 5.69 Å². The molecule has 0 radical (unpaired) electrons. The minimum Gasteiger partial charge on any atom is -0.379 e. The molecule has 1 aliphatic rings. The third-order valence-corrected chi connectivity index (χ3v) is 9.08. The van der Waals surface area contributed by atoms with Crippen LogP contribution in [0.5, 0.6) is 0 Å². The van der Waals surface area contributed by atoms with E-state index in [4.69, 9.17) is 10.5 Å². The molecule has 43 heavy (non-hydrogen) atoms. The van der Waals surface area contributed by atoms with Crippen molar-refractivity contribution < 1.29 is 32.6 Å². The highest BCUT2D eigenvalue weighted by Gasteiger charge is 2.37. The zero-order valence-electron chi connectivity index (χ0n) is 25.9. The number of nitrogens with zero attached hydrogens (tertiary/aromatic N) is 1. The number of hydrogen-bond donors (Lipinski definition) is 7. The lowest BCUT2D eigenvalue weighted by atomic mass is 9.95. The first-order valence-electron chi connectivity index (χ1n) is 14.6. The number of amides is 3. The van der Waals surface area contributed by atoms with E-state index in [1.165, 1.54) is 31.4 Å². The van der Waals surface area contributed by atoms with Gasteiger partial charge in [-0.2, -0.15) is 0 Å². The van der Waals surface area contributed by atoms with Crippen LogP contribution in [0.1, 0.15) is 46.5 Å². The number of nitrogens with one attached hydrogen (secondary N) is 5. The van der Waals surface area contributed by atoms with Crippen molar-refractivity contribution in [3.63, 3.8) is 0 Å². The fraction of sp³-hybridized carbons (Fsp3) is 0.679. The Balaban J connectivity index is 2.09. The Morgan fingerprint density at radius 1 is 1.12 bits per heavy atom. The first kappa shape index (κ1) is 36.5. The number of aliphatic hydroxyl groups excluding tert-OH is 1. The predicted octanol–water partition coefficient (Wildman–Crippen LogP) is -0.491. The van der Waals surface area contributed by atoms with Gasteiger partial charge < -0.3 is 30.7 Å². The number of ether oxygens (including phenoxy) is 1. The van der Waals surface area contributed by atoms with Gasteiger partial charge in [0.15, 0.2) is 6.35 Å². The third kappa shape index (κ3) is 10.8. The van der Waals surface area contributed by atoms with Crippen molar-refractivity contribution in [2.45, 2.75) is 81.9 Å². The molecule has 1 aromatic carbocycles. The van der Waals surface area contributed by atoms with Gasteiger partial charge in [0.1, 0.15) is 6.04 Å². The molecule has 1 aliphatic heterocycles. The van der Waals surface area contributed by atoms with E-state index >= 15 is 0 Å². The van der Waals surface area contributed by atoms with E-state index in [2.05, 4.69) is 30.9 Å². The number of likely N-dealkylation sites (tertiary alicyclic amines) is 1. The zero-order chi connectivity index (χ0) is 32.3. The van der Waals surface area contributed by atoms with E-state index in [0.29, 0.717) is 18.7 Å². The van der Waals surface area contributed by atoms with Crippen LogP contribution in [0.3, 0.4) is 0 Å². The van der Waals surface area contributed by atoms with E-state index in [0.717, 1.165) is 19.4 Å². The molecule has 0 aliphatic carbocycles. The van der Waals surface area contributed by atoms with E-state index in [1.54, 1.807) is 14.0 Å². The van der Waals surface area contributed by atoms with Crippen LogP contribution in [0, 0.1) is 11.8 Å². The first-order valence-corrected chi connectivity index (χ1v) is 16.0. The Bertz CT molecular complexity index is 1160. The Labute approximate surface area is 254 Å². The Morgan fingerprint density at radius 2 is 1.77 bits per heavy atom. The molecule has 0 aromatic heterocycles. The molecule has 1 unspecified atom stereocenters. The summed E-state index contributed by atoms with van der Waals surface area (Å²) in [7, 11) is 0.947. The van der Waals surface area contributed by atoms with Crippen molar-refractivity contribution in [3.8, 4) is 0 Å². The summed E-state index contributed by atoms with van der Waals surface area (Å²) in [5.41, 5.74) is 5.59. The van der Waals surface area contributed by atoms with E-state index in [-0.39, 0.29) is 29.2 Å². The monoisotopic (exact) mass is 627 g/mol. The molecule has 8 N–H and O–H groups in total. The molecule has 14 nitrogen and oxygen atoms in total. The Morgan fingerprint density at radius 3 is 2.28 bits per heavy atom. The smallest absolute Gasteiger partial charge is 0.264 e. The van der Waals surface area contributed by atoms with Gasteiger partial charge in [0.2, 0.25) is 17.7 Å². The highest BCUT2D eigenvalue weighted by molar-refractivity contribution is 7.90. The number of aliphatic hydroxyl groups is 1. The van der Waals surface area contributed by atoms with Crippen LogP contribution in [0.25, 0.3) is 0 Å². The topological polar surface area (TPSA) is 204 Å². The normalized spacial score (nSPS) is 19.3. The maximum Gasteiger partial charge on any atom is 0.264 e. The highest BCUT2D eigenvalue weighted by atomic mass is 32.2. The standard InChI is InChI=1S/C28H49N7O7S/c1-17(2)23(30-4)27(38)33-21(9-7-15-31-28(29)39)26(37)32-19-11-13-20(14-12-19)43(40,41)34-25(36)18(3)24(42-6)22-10-8-16-35(22)5/h11-14,17-18,21-24,28,30-31,39H,7-10,15-16,29H2,1-6H3,(H,32,37)(H,33,38)(H,34,36)/t18-,21+,22+,23+,24-,28?/m1/s1. The SMILES string of the molecule is CN[C@H](C(=O)N[C@@H](CCCNC(N)O)C(=O)Nc1ccc(S(=O)(=O)NC(=O)[C@H](C)[C@@H](OC)[C@@H]2CCCN2C)cc1)C(C)C. The van der Waals surface area contributed by atoms with Crippen molar-refractivity contribution in [2.75, 3.05) is 39.6 Å². The summed E-state index contributed by atoms with van der Waals surface area (Å²) in [5, 5.41) is 20.3. The number of carbonyl (C=O) groups is 3. The summed E-state index contributed by atoms with van der Waals surface area (Å²) in [6, 6.07) is 3.97. The second-order valence-electron chi connectivity index (χ2n) is 11.3. The van der Waals surface area contributed by atoms with Gasteiger partial charge in [-0.1, -0.05) is 20.8 Å². The quantitative estimate of drug-likeness (QED) is 0.0867. The average Bonchev–Trinajstić information content (AvgIpc) is 3.36. The maximum atomic E-state index is 13.2. The first-order chi connectivity index (χ1) is 20.2. The minimum atomic E-state index is -4.19. The number of likely N-dealkylation sites (N-methyl/N-ethyl adjacent to an activating group) is 2. The molecular formula is C28H49N7O7S. The number of rotatable bonds is 17. The van der Waals surface area contributed by atoms with Crippen LogP contribution in [0.15, 0.2) is 29.2 Å². The summed E-state index contributed by atoms with van der Waals surface area (Å²) in [5.74, 6) is -2.24. The number of carbonyl (C=O) groups excluding carboxylic acids is 3. The van der Waals surface area contributed by atoms with Gasteiger partial charge in [-0.15, -0.1) is 0 Å². The molecule has 0 saturated carbocycles. The fourth-order valence-electron chi connectivity index (χ4n) is 5.28. The lowest BCUT2D eigenvalue weighted by Gasteiger charge is -2.31. The van der Waals surface area contributed by atoms with Gasteiger partial charge in [0.25, 0.3) is 10.0 Å². The molecule has 15 heteroatoms. The Hall–Kier alpha value is -2.66. The molecule has 244 valence electrons. The number of methoxy groups -OCH3 is 1. The Kier molecular flexibility index (Phi) is 14.4. The summed E-state index contributed by atoms with van der Waals surface area (Å²) < 4.78 is 33.7. The molecular weight excluding hydrogens is 578 g/mol. The number of anilines is 1. The lowest BCUT2D eigenvalue weighted by molar-refractivity contribution is -0.129. The summed E-state index contributed by atoms with van der Waals surface area (Å²) >= 11 is 0. The third-order valence-electron chi connectivity index (χ3n) is 7.72. The molecule has 2 rings (SSSR count). The molecule has 0 spiro atoms. The molecule has 1 saturated heterocycles. The fourth-order valence-corrected chi connectivity index (χ4v) is 6.34. The van der Waals surface area contributed by atoms with Gasteiger partial charge in [-0.3, -0.25) is 25.4 Å². The van der Waals surface area contributed by atoms with Crippen molar-refractivity contribution in [1.82, 2.24) is 25.6 Å². The van der Waals surface area contributed by atoms with Gasteiger partial charge in [0, 0.05) is 18.8 Å². The van der Waals surface area contributed by atoms with E-state index in [9.17, 15) is 27.9 Å². The molecule has 1 aromatic rings. The zero-order valence-corrected chi connectivity index (χ0v) is 26.7. The van der Waals surface area contributed by atoms with Gasteiger partial charge in [-0.25, -0.2) is 13.1 Å². The van der Waals surface area contributed by atoms with Gasteiger partial charge in [0.05, 0.1) is 23.0 Å². The molecule has 6 atom stereocenters. The average molecular weight is 628 g/mol. The van der Waals surface area contributed by atoms with Crippen LogP contribution in [-0.2, 0) is 29.1 Å². The number of hydrogen-bond acceptors (Lipinski definition) is 11. The van der Waals surface area contributed by atoms with Gasteiger partial charge in [-0.05, 0) is 83.1 Å². The summed E-state index contributed by atoms with van der Waals surface area (Å²) in [4.78, 5) is 40.9. The molecule has 1 heterocycles. The molecule has 0 bridgehead atoms. The maximum absolute atomic E-state index is 13.2. The lowest BCUT2D eigenvalue weighted by Crippen LogP contribution is -2.52. The van der Waals surface area contributed by atoms with Gasteiger partial charge >= 0.3 is 0 Å². The summed E-state index contributed by atoms with van der Waals surface area (Å²) in [6.45, 7) is 6.61. The van der Waals surface area contributed by atoms with Crippen LogP contribution >= 0.6 is 0 Å². The van der Waals surface area contributed by atoms with Crippen molar-refractivity contribution >= 4 is 33.4 Å². The highest BCUT2D eigenvalue weighted by Crippen LogP contribution is 2.25. The minimum absolute atomic E-state index is 0.0166. The molecule has 3 amide bonds. The largest absolute Gasteiger partial charge is 0.379 e. The second kappa shape index (κ2) is 17.0. The van der Waals surface area contributed by atoms with Crippen molar-refractivity contribution in [3.05, 3.63) is 24.3 Å². The van der Waals surface area contributed by atoms with Crippen LogP contribution in [-0.4, -0.2) is 101 Å². The molecule has 1 fully saturated rings.